The van der Waals surface area contributed by atoms with Crippen LogP contribution in [0.15, 0.2) is 30.3 Å². The number of amides is 1. The van der Waals surface area contributed by atoms with E-state index in [1.807, 2.05) is 0 Å². The molecule has 3 nitrogen and oxygen atoms in total. The minimum absolute atomic E-state index is 0. The SMILES string of the molecule is CC(C)C(NC(=O)C1CCCNC1)C12CC(c3ccccc3)(C1)C2.Cl. The first-order chi connectivity index (χ1) is 11.5. The van der Waals surface area contributed by atoms with Crippen molar-refractivity contribution in [2.75, 3.05) is 13.1 Å². The highest BCUT2D eigenvalue weighted by atomic mass is 35.5. The monoisotopic (exact) mass is 362 g/mol. The van der Waals surface area contributed by atoms with Crippen LogP contribution in [0.4, 0.5) is 0 Å². The number of rotatable bonds is 5. The molecule has 2 unspecified atom stereocenters. The summed E-state index contributed by atoms with van der Waals surface area (Å²) in [6.45, 7) is 6.43. The van der Waals surface area contributed by atoms with E-state index in [-0.39, 0.29) is 24.2 Å². The van der Waals surface area contributed by atoms with Gasteiger partial charge >= 0.3 is 0 Å². The number of halogens is 1. The van der Waals surface area contributed by atoms with E-state index in [9.17, 15) is 4.79 Å². The van der Waals surface area contributed by atoms with Crippen molar-refractivity contribution in [2.24, 2.45) is 17.3 Å². The summed E-state index contributed by atoms with van der Waals surface area (Å²) in [5.74, 6) is 0.939. The summed E-state index contributed by atoms with van der Waals surface area (Å²) in [7, 11) is 0. The molecule has 0 spiro atoms. The fourth-order valence-electron chi connectivity index (χ4n) is 5.67. The lowest BCUT2D eigenvalue weighted by molar-refractivity contribution is -0.177. The van der Waals surface area contributed by atoms with Crippen molar-refractivity contribution in [1.82, 2.24) is 10.6 Å². The Balaban J connectivity index is 0.00000182. The van der Waals surface area contributed by atoms with Crippen molar-refractivity contribution >= 4 is 18.3 Å². The molecule has 1 aliphatic heterocycles. The number of benzene rings is 1. The first kappa shape index (κ1) is 18.7. The standard InChI is InChI=1S/C21H30N2O.ClH/c1-15(2)18(23-19(24)16-7-6-10-22-11-16)21-12-20(13-21,14-21)17-8-4-3-5-9-17;/h3-5,8-9,15-16,18,22H,6-7,10-14H2,1-2H3,(H,23,24);1H. The average molecular weight is 363 g/mol. The molecule has 1 amide bonds. The summed E-state index contributed by atoms with van der Waals surface area (Å²) in [5, 5.41) is 6.82. The smallest absolute Gasteiger partial charge is 0.224 e. The van der Waals surface area contributed by atoms with Crippen molar-refractivity contribution in [3.05, 3.63) is 35.9 Å². The van der Waals surface area contributed by atoms with Gasteiger partial charge in [-0.05, 0) is 61.0 Å². The van der Waals surface area contributed by atoms with E-state index in [0.29, 0.717) is 22.8 Å². The molecular weight excluding hydrogens is 332 g/mol. The van der Waals surface area contributed by atoms with Gasteiger partial charge in [-0.1, -0.05) is 44.2 Å². The minimum Gasteiger partial charge on any atom is -0.352 e. The van der Waals surface area contributed by atoms with Crippen LogP contribution in [0.5, 0.6) is 0 Å². The molecule has 4 aliphatic rings. The number of carbonyl (C=O) groups is 1. The number of hydrogen-bond acceptors (Lipinski definition) is 2. The molecule has 4 fully saturated rings. The Morgan fingerprint density at radius 2 is 1.88 bits per heavy atom. The van der Waals surface area contributed by atoms with E-state index in [2.05, 4.69) is 54.8 Å². The van der Waals surface area contributed by atoms with Crippen molar-refractivity contribution in [1.29, 1.82) is 0 Å². The van der Waals surface area contributed by atoms with E-state index < -0.39 is 0 Å². The summed E-state index contributed by atoms with van der Waals surface area (Å²) in [6.07, 6.45) is 5.89. The van der Waals surface area contributed by atoms with Gasteiger partial charge in [-0.15, -0.1) is 12.4 Å². The zero-order valence-electron chi connectivity index (χ0n) is 15.4. The highest BCUT2D eigenvalue weighted by Gasteiger charge is 2.71. The second kappa shape index (κ2) is 6.92. The summed E-state index contributed by atoms with van der Waals surface area (Å²) in [4.78, 5) is 12.7. The molecular formula is C21H31ClN2O. The third-order valence-electron chi connectivity index (χ3n) is 6.75. The van der Waals surface area contributed by atoms with E-state index in [1.165, 1.54) is 24.8 Å². The Hall–Kier alpha value is -1.06. The highest BCUT2D eigenvalue weighted by molar-refractivity contribution is 5.85. The van der Waals surface area contributed by atoms with E-state index in [1.54, 1.807) is 0 Å². The largest absolute Gasteiger partial charge is 0.352 e. The van der Waals surface area contributed by atoms with E-state index in [4.69, 9.17) is 0 Å². The van der Waals surface area contributed by atoms with E-state index >= 15 is 0 Å². The topological polar surface area (TPSA) is 41.1 Å². The molecule has 138 valence electrons. The second-order valence-corrected chi connectivity index (χ2v) is 8.81. The normalized spacial score (nSPS) is 34.3. The third-order valence-corrected chi connectivity index (χ3v) is 6.75. The third kappa shape index (κ3) is 3.10. The molecule has 0 aromatic heterocycles. The summed E-state index contributed by atoms with van der Waals surface area (Å²) in [6, 6.07) is 11.3. The van der Waals surface area contributed by atoms with Crippen LogP contribution in [0, 0.1) is 17.3 Å². The van der Waals surface area contributed by atoms with Crippen LogP contribution in [-0.4, -0.2) is 25.0 Å². The predicted molar refractivity (Wildman–Crippen MR) is 104 cm³/mol. The Morgan fingerprint density at radius 1 is 1.20 bits per heavy atom. The van der Waals surface area contributed by atoms with Crippen LogP contribution in [-0.2, 0) is 10.2 Å². The molecule has 1 aromatic rings. The van der Waals surface area contributed by atoms with Crippen molar-refractivity contribution in [3.8, 4) is 0 Å². The second-order valence-electron chi connectivity index (χ2n) is 8.81. The Kier molecular flexibility index (Phi) is 5.18. The summed E-state index contributed by atoms with van der Waals surface area (Å²) in [5.41, 5.74) is 2.25. The zero-order valence-corrected chi connectivity index (χ0v) is 16.2. The molecule has 2 N–H and O–H groups in total. The summed E-state index contributed by atoms with van der Waals surface area (Å²) >= 11 is 0. The van der Waals surface area contributed by atoms with Crippen molar-refractivity contribution < 1.29 is 4.79 Å². The lowest BCUT2D eigenvalue weighted by Gasteiger charge is -2.74. The molecule has 5 rings (SSSR count). The highest BCUT2D eigenvalue weighted by Crippen LogP contribution is 2.75. The molecule has 0 radical (unpaired) electrons. The molecule has 4 heteroatoms. The van der Waals surface area contributed by atoms with Crippen molar-refractivity contribution in [3.63, 3.8) is 0 Å². The lowest BCUT2D eigenvalue weighted by Crippen LogP contribution is -2.73. The van der Waals surface area contributed by atoms with Gasteiger partial charge in [0.15, 0.2) is 0 Å². The maximum absolute atomic E-state index is 12.7. The van der Waals surface area contributed by atoms with Gasteiger partial charge in [0.05, 0.1) is 5.92 Å². The van der Waals surface area contributed by atoms with Gasteiger partial charge in [-0.3, -0.25) is 4.79 Å². The van der Waals surface area contributed by atoms with Gasteiger partial charge in [0, 0.05) is 12.6 Å². The van der Waals surface area contributed by atoms with Crippen LogP contribution >= 0.6 is 12.4 Å². The molecule has 2 atom stereocenters. The maximum atomic E-state index is 12.7. The molecule has 1 saturated heterocycles. The molecule has 1 aromatic carbocycles. The first-order valence-electron chi connectivity index (χ1n) is 9.61. The van der Waals surface area contributed by atoms with Crippen LogP contribution in [0.25, 0.3) is 0 Å². The van der Waals surface area contributed by atoms with Crippen LogP contribution in [0.1, 0.15) is 51.5 Å². The quantitative estimate of drug-likeness (QED) is 0.839. The van der Waals surface area contributed by atoms with Gasteiger partial charge in [0.25, 0.3) is 0 Å². The fraction of sp³-hybridized carbons (Fsp3) is 0.667. The van der Waals surface area contributed by atoms with Crippen LogP contribution in [0.3, 0.4) is 0 Å². The Morgan fingerprint density at radius 3 is 2.44 bits per heavy atom. The fourth-order valence-corrected chi connectivity index (χ4v) is 5.67. The number of piperidine rings is 1. The number of hydrogen-bond donors (Lipinski definition) is 2. The van der Waals surface area contributed by atoms with Gasteiger partial charge < -0.3 is 10.6 Å². The molecule has 2 bridgehead atoms. The van der Waals surface area contributed by atoms with Gasteiger partial charge in [0.2, 0.25) is 5.91 Å². The van der Waals surface area contributed by atoms with Gasteiger partial charge in [-0.25, -0.2) is 0 Å². The molecule has 1 heterocycles. The van der Waals surface area contributed by atoms with Crippen LogP contribution in [0.2, 0.25) is 0 Å². The van der Waals surface area contributed by atoms with E-state index in [0.717, 1.165) is 25.9 Å². The zero-order chi connectivity index (χ0) is 16.8. The maximum Gasteiger partial charge on any atom is 0.224 e. The number of carbonyl (C=O) groups excluding carboxylic acids is 1. The van der Waals surface area contributed by atoms with Gasteiger partial charge in [-0.2, -0.15) is 0 Å². The average Bonchev–Trinajstić information content (AvgIpc) is 2.53. The van der Waals surface area contributed by atoms with Crippen LogP contribution < -0.4 is 10.6 Å². The molecule has 3 aliphatic carbocycles. The first-order valence-corrected chi connectivity index (χ1v) is 9.61. The van der Waals surface area contributed by atoms with Crippen molar-refractivity contribution in [2.45, 2.75) is 57.4 Å². The molecule has 3 saturated carbocycles. The minimum atomic E-state index is 0. The Bertz CT molecular complexity index is 590. The Labute approximate surface area is 157 Å². The number of nitrogens with one attached hydrogen (secondary N) is 2. The predicted octanol–water partition coefficient (Wildman–Crippen LogP) is 3.67. The van der Waals surface area contributed by atoms with Gasteiger partial charge in [0.1, 0.15) is 0 Å². The summed E-state index contributed by atoms with van der Waals surface area (Å²) < 4.78 is 0. The lowest BCUT2D eigenvalue weighted by atomic mass is 9.31. The molecule has 25 heavy (non-hydrogen) atoms.